The van der Waals surface area contributed by atoms with Gasteiger partial charge in [-0.2, -0.15) is 0 Å². The molecule has 0 fully saturated rings. The van der Waals surface area contributed by atoms with Crippen LogP contribution in [-0.4, -0.2) is 12.8 Å². The van der Waals surface area contributed by atoms with Gasteiger partial charge < -0.3 is 5.73 Å². The van der Waals surface area contributed by atoms with Crippen molar-refractivity contribution in [1.29, 1.82) is 0 Å². The Hall–Kier alpha value is -0.695. The molecule has 4 heteroatoms. The second-order valence-electron chi connectivity index (χ2n) is 1.65. The molecule has 9 heavy (non-hydrogen) atoms. The highest BCUT2D eigenvalue weighted by atomic mass is 35.5. The quantitative estimate of drug-likeness (QED) is 0.408. The molecule has 1 rings (SSSR count). The minimum absolute atomic E-state index is 0.296. The summed E-state index contributed by atoms with van der Waals surface area (Å²) in [6, 6.07) is 1.56. The van der Waals surface area contributed by atoms with Gasteiger partial charge in [-0.25, -0.2) is 4.98 Å². The van der Waals surface area contributed by atoms with Gasteiger partial charge in [0.05, 0.1) is 5.69 Å². The van der Waals surface area contributed by atoms with Crippen molar-refractivity contribution in [2.75, 3.05) is 5.73 Å². The zero-order valence-electron chi connectivity index (χ0n) is 4.63. The van der Waals surface area contributed by atoms with Gasteiger partial charge in [0, 0.05) is 6.20 Å². The van der Waals surface area contributed by atoms with Gasteiger partial charge in [-0.15, -0.1) is 0 Å². The Morgan fingerprint density at radius 3 is 2.78 bits per heavy atom. The second kappa shape index (κ2) is 2.27. The van der Waals surface area contributed by atoms with E-state index in [4.69, 9.17) is 25.2 Å². The monoisotopic (exact) mass is 138 g/mol. The van der Waals surface area contributed by atoms with Crippen LogP contribution >= 0.6 is 11.6 Å². The number of hydrogen-bond donors (Lipinski definition) is 1. The van der Waals surface area contributed by atoms with E-state index in [1.165, 1.54) is 6.20 Å². The van der Waals surface area contributed by atoms with Gasteiger partial charge in [0.25, 0.3) is 0 Å². The van der Waals surface area contributed by atoms with Crippen molar-refractivity contribution in [2.45, 2.75) is 0 Å². The Morgan fingerprint density at radius 2 is 2.33 bits per heavy atom. The minimum Gasteiger partial charge on any atom is -0.396 e. The minimum atomic E-state index is 0.296. The zero-order valence-corrected chi connectivity index (χ0v) is 5.39. The van der Waals surface area contributed by atoms with Crippen molar-refractivity contribution in [3.8, 4) is 0 Å². The Bertz CT molecular complexity index is 226. The number of pyridine rings is 1. The van der Waals surface area contributed by atoms with Crippen LogP contribution < -0.4 is 11.2 Å². The molecule has 0 aliphatic heterocycles. The zero-order chi connectivity index (χ0) is 6.85. The highest BCUT2D eigenvalue weighted by molar-refractivity contribution is 6.35. The standard InChI is InChI=1S/C5H4BClN2/c6-3-1-4(8)5(7)9-2-3/h1-2H,8H2. The first-order valence-electron chi connectivity index (χ1n) is 2.36. The third kappa shape index (κ3) is 1.36. The van der Waals surface area contributed by atoms with Gasteiger partial charge in [0.1, 0.15) is 7.85 Å². The third-order valence-corrected chi connectivity index (χ3v) is 1.20. The van der Waals surface area contributed by atoms with E-state index in [0.717, 1.165) is 0 Å². The van der Waals surface area contributed by atoms with Crippen LogP contribution in [0, 0.1) is 0 Å². The number of nitrogen functional groups attached to an aromatic ring is 1. The highest BCUT2D eigenvalue weighted by Gasteiger charge is 1.93. The molecule has 2 N–H and O–H groups in total. The average molecular weight is 138 g/mol. The number of anilines is 1. The van der Waals surface area contributed by atoms with E-state index in [1.807, 2.05) is 0 Å². The van der Waals surface area contributed by atoms with Crippen molar-refractivity contribution >= 4 is 30.6 Å². The van der Waals surface area contributed by atoms with E-state index in [2.05, 4.69) is 4.98 Å². The molecule has 0 bridgehead atoms. The molecule has 1 heterocycles. The summed E-state index contributed by atoms with van der Waals surface area (Å²) in [6.07, 6.45) is 1.46. The number of nitrogens with zero attached hydrogens (tertiary/aromatic N) is 1. The molecule has 0 aromatic carbocycles. The van der Waals surface area contributed by atoms with Gasteiger partial charge in [-0.1, -0.05) is 17.1 Å². The lowest BCUT2D eigenvalue weighted by Crippen LogP contribution is -2.04. The molecule has 0 aliphatic rings. The summed E-state index contributed by atoms with van der Waals surface area (Å²) in [4.78, 5) is 3.69. The Kier molecular flexibility index (Phi) is 1.62. The van der Waals surface area contributed by atoms with Crippen LogP contribution in [0.4, 0.5) is 5.69 Å². The summed E-state index contributed by atoms with van der Waals surface area (Å²) >= 11 is 5.49. The van der Waals surface area contributed by atoms with E-state index >= 15 is 0 Å². The molecular weight excluding hydrogens is 134 g/mol. The molecule has 0 saturated carbocycles. The number of halogens is 1. The number of aromatic nitrogens is 1. The Balaban J connectivity index is 3.17. The molecule has 0 aliphatic carbocycles. The number of hydrogen-bond acceptors (Lipinski definition) is 2. The normalized spacial score (nSPS) is 9.44. The largest absolute Gasteiger partial charge is 0.396 e. The smallest absolute Gasteiger partial charge is 0.151 e. The molecule has 2 nitrogen and oxygen atoms in total. The van der Waals surface area contributed by atoms with Gasteiger partial charge >= 0.3 is 0 Å². The summed E-state index contributed by atoms with van der Waals surface area (Å²) < 4.78 is 0. The van der Waals surface area contributed by atoms with Crippen LogP contribution in [0.5, 0.6) is 0 Å². The van der Waals surface area contributed by atoms with Crippen LogP contribution in [0.1, 0.15) is 0 Å². The maximum Gasteiger partial charge on any atom is 0.151 e. The summed E-state index contributed by atoms with van der Waals surface area (Å²) in [5.74, 6) is 0. The molecule has 0 spiro atoms. The van der Waals surface area contributed by atoms with Gasteiger partial charge in [-0.05, 0) is 6.07 Å². The molecule has 2 radical (unpaired) electrons. The van der Waals surface area contributed by atoms with E-state index in [0.29, 0.717) is 16.3 Å². The first kappa shape index (κ1) is 6.43. The molecule has 0 unspecified atom stereocenters. The second-order valence-corrected chi connectivity index (χ2v) is 2.01. The third-order valence-electron chi connectivity index (χ3n) is 0.887. The lowest BCUT2D eigenvalue weighted by molar-refractivity contribution is 1.35. The highest BCUT2D eigenvalue weighted by Crippen LogP contribution is 2.10. The lowest BCUT2D eigenvalue weighted by atomic mass is 9.99. The Labute approximate surface area is 59.4 Å². The molecule has 1 aromatic rings. The van der Waals surface area contributed by atoms with Crippen molar-refractivity contribution in [2.24, 2.45) is 0 Å². The maximum absolute atomic E-state index is 5.49. The first-order chi connectivity index (χ1) is 4.20. The molecule has 1 aromatic heterocycles. The summed E-state index contributed by atoms with van der Waals surface area (Å²) in [6.45, 7) is 0. The molecule has 0 saturated heterocycles. The fourth-order valence-electron chi connectivity index (χ4n) is 0.482. The van der Waals surface area contributed by atoms with Gasteiger partial charge in [-0.3, -0.25) is 0 Å². The molecule has 0 amide bonds. The summed E-state index contributed by atoms with van der Waals surface area (Å²) in [7, 11) is 5.33. The van der Waals surface area contributed by atoms with E-state index < -0.39 is 0 Å². The topological polar surface area (TPSA) is 38.9 Å². The van der Waals surface area contributed by atoms with Crippen LogP contribution in [0.2, 0.25) is 5.15 Å². The lowest BCUT2D eigenvalue weighted by Gasteiger charge is -1.95. The van der Waals surface area contributed by atoms with Crippen LogP contribution in [-0.2, 0) is 0 Å². The van der Waals surface area contributed by atoms with Crippen molar-refractivity contribution in [3.63, 3.8) is 0 Å². The Morgan fingerprint density at radius 1 is 1.67 bits per heavy atom. The van der Waals surface area contributed by atoms with Crippen molar-refractivity contribution in [3.05, 3.63) is 17.4 Å². The van der Waals surface area contributed by atoms with Crippen LogP contribution in [0.3, 0.4) is 0 Å². The summed E-state index contributed by atoms with van der Waals surface area (Å²) in [5.41, 5.74) is 6.28. The maximum atomic E-state index is 5.49. The van der Waals surface area contributed by atoms with Crippen LogP contribution in [0.15, 0.2) is 12.3 Å². The number of rotatable bonds is 0. The van der Waals surface area contributed by atoms with E-state index in [-0.39, 0.29) is 0 Å². The fourth-order valence-corrected chi connectivity index (χ4v) is 0.585. The predicted molar refractivity (Wildman–Crippen MR) is 39.0 cm³/mol. The van der Waals surface area contributed by atoms with Crippen molar-refractivity contribution in [1.82, 2.24) is 4.98 Å². The summed E-state index contributed by atoms with van der Waals surface area (Å²) in [5, 5.41) is 0.296. The predicted octanol–water partition coefficient (Wildman–Crippen LogP) is 0.111. The van der Waals surface area contributed by atoms with E-state index in [1.54, 1.807) is 6.07 Å². The van der Waals surface area contributed by atoms with Crippen molar-refractivity contribution < 1.29 is 0 Å². The number of nitrogens with two attached hydrogens (primary N) is 1. The van der Waals surface area contributed by atoms with E-state index in [9.17, 15) is 0 Å². The SMILES string of the molecule is [B]c1cnc(Cl)c(N)c1. The average Bonchev–Trinajstić information content (AvgIpc) is 1.80. The fraction of sp³-hybridized carbons (Fsp3) is 0. The first-order valence-corrected chi connectivity index (χ1v) is 2.74. The van der Waals surface area contributed by atoms with Gasteiger partial charge in [0.2, 0.25) is 0 Å². The van der Waals surface area contributed by atoms with Crippen LogP contribution in [0.25, 0.3) is 0 Å². The van der Waals surface area contributed by atoms with Gasteiger partial charge in [0.15, 0.2) is 5.15 Å². The molecular formula is C5H4BClN2. The molecule has 44 valence electrons. The molecule has 0 atom stereocenters.